The summed E-state index contributed by atoms with van der Waals surface area (Å²) in [6.45, 7) is 3.09. The summed E-state index contributed by atoms with van der Waals surface area (Å²) in [5.41, 5.74) is 1.02. The highest BCUT2D eigenvalue weighted by atomic mass is 16.5. The first-order chi connectivity index (χ1) is 12.0. The van der Waals surface area contributed by atoms with Crippen LogP contribution in [0.1, 0.15) is 25.3 Å². The number of ketones is 1. The lowest BCUT2D eigenvalue weighted by molar-refractivity contribution is -0.147. The number of nitrogens with one attached hydrogen (secondary N) is 1. The number of likely N-dealkylation sites (tertiary alicyclic amines) is 1. The van der Waals surface area contributed by atoms with Crippen molar-refractivity contribution in [3.8, 4) is 0 Å². The fraction of sp³-hybridized carbons (Fsp3) is 0.526. The van der Waals surface area contributed by atoms with Crippen LogP contribution >= 0.6 is 0 Å². The SMILES string of the molecule is COC(=O)C1CCN(CC(=O)N[C@H](Cc2ccccc2)C(C)=O)CC1. The van der Waals surface area contributed by atoms with Gasteiger partial charge in [0.25, 0.3) is 0 Å². The minimum atomic E-state index is -0.512. The third-order valence-corrected chi connectivity index (χ3v) is 4.60. The van der Waals surface area contributed by atoms with Crippen molar-refractivity contribution in [2.24, 2.45) is 5.92 Å². The van der Waals surface area contributed by atoms with E-state index in [1.54, 1.807) is 0 Å². The second kappa shape index (κ2) is 9.32. The Balaban J connectivity index is 1.82. The standard InChI is InChI=1S/C19H26N2O4/c1-14(22)17(12-15-6-4-3-5-7-15)20-18(23)13-21-10-8-16(9-11-21)19(24)25-2/h3-7,16-17H,8-13H2,1-2H3,(H,20,23)/t17-/m1/s1. The van der Waals surface area contributed by atoms with Gasteiger partial charge in [-0.05, 0) is 44.8 Å². The molecule has 0 radical (unpaired) electrons. The molecule has 0 saturated carbocycles. The summed E-state index contributed by atoms with van der Waals surface area (Å²) < 4.78 is 4.77. The number of methoxy groups -OCH3 is 1. The van der Waals surface area contributed by atoms with Gasteiger partial charge in [-0.1, -0.05) is 30.3 Å². The van der Waals surface area contributed by atoms with Crippen LogP contribution in [0, 0.1) is 5.92 Å². The van der Waals surface area contributed by atoms with Crippen LogP contribution in [0.25, 0.3) is 0 Å². The molecule has 1 aliphatic rings. The average molecular weight is 346 g/mol. The molecule has 0 aromatic heterocycles. The summed E-state index contributed by atoms with van der Waals surface area (Å²) in [5.74, 6) is -0.467. The van der Waals surface area contributed by atoms with Gasteiger partial charge in [0.15, 0.2) is 5.78 Å². The molecule has 0 unspecified atom stereocenters. The number of Topliss-reactive ketones (excluding diaryl/α,β-unsaturated/α-hetero) is 1. The Morgan fingerprint density at radius 1 is 1.20 bits per heavy atom. The third-order valence-electron chi connectivity index (χ3n) is 4.60. The minimum Gasteiger partial charge on any atom is -0.469 e. The maximum atomic E-state index is 12.3. The zero-order valence-corrected chi connectivity index (χ0v) is 14.9. The van der Waals surface area contributed by atoms with E-state index >= 15 is 0 Å². The second-order valence-electron chi connectivity index (χ2n) is 6.49. The number of carbonyl (C=O) groups is 3. The first kappa shape index (κ1) is 19.1. The Morgan fingerprint density at radius 3 is 2.40 bits per heavy atom. The number of carbonyl (C=O) groups excluding carboxylic acids is 3. The van der Waals surface area contributed by atoms with Crippen molar-refractivity contribution in [3.05, 3.63) is 35.9 Å². The van der Waals surface area contributed by atoms with E-state index in [0.29, 0.717) is 32.4 Å². The third kappa shape index (κ3) is 5.98. The van der Waals surface area contributed by atoms with Crippen molar-refractivity contribution in [2.45, 2.75) is 32.2 Å². The summed E-state index contributed by atoms with van der Waals surface area (Å²) in [4.78, 5) is 37.7. The molecule has 1 atom stereocenters. The lowest BCUT2D eigenvalue weighted by Gasteiger charge is -2.30. The molecule has 1 aliphatic heterocycles. The molecule has 0 bridgehead atoms. The summed E-state index contributed by atoms with van der Waals surface area (Å²) in [5, 5.41) is 2.84. The van der Waals surface area contributed by atoms with Crippen LogP contribution in [-0.4, -0.2) is 55.3 Å². The smallest absolute Gasteiger partial charge is 0.308 e. The molecule has 2 rings (SSSR count). The van der Waals surface area contributed by atoms with Crippen LogP contribution < -0.4 is 5.32 Å². The maximum absolute atomic E-state index is 12.3. The number of ether oxygens (including phenoxy) is 1. The van der Waals surface area contributed by atoms with Crippen molar-refractivity contribution in [2.75, 3.05) is 26.7 Å². The quantitative estimate of drug-likeness (QED) is 0.751. The molecule has 1 amide bonds. The number of benzene rings is 1. The van der Waals surface area contributed by atoms with Gasteiger partial charge in [-0.15, -0.1) is 0 Å². The molecule has 1 aromatic rings. The number of nitrogens with zero attached hydrogens (tertiary/aromatic N) is 1. The largest absolute Gasteiger partial charge is 0.469 e. The highest BCUT2D eigenvalue weighted by Crippen LogP contribution is 2.18. The summed E-state index contributed by atoms with van der Waals surface area (Å²) in [6.07, 6.45) is 1.88. The predicted molar refractivity (Wildman–Crippen MR) is 93.9 cm³/mol. The molecule has 25 heavy (non-hydrogen) atoms. The first-order valence-corrected chi connectivity index (χ1v) is 8.63. The van der Waals surface area contributed by atoms with E-state index in [1.807, 2.05) is 35.2 Å². The van der Waals surface area contributed by atoms with Gasteiger partial charge in [-0.2, -0.15) is 0 Å². The van der Waals surface area contributed by atoms with Crippen LogP contribution in [0.15, 0.2) is 30.3 Å². The summed E-state index contributed by atoms with van der Waals surface area (Å²) >= 11 is 0. The fourth-order valence-electron chi connectivity index (χ4n) is 3.08. The Morgan fingerprint density at radius 2 is 1.84 bits per heavy atom. The van der Waals surface area contributed by atoms with E-state index in [0.717, 1.165) is 5.56 Å². The Kier molecular flexibility index (Phi) is 7.13. The van der Waals surface area contributed by atoms with Crippen molar-refractivity contribution < 1.29 is 19.1 Å². The molecule has 1 N–H and O–H groups in total. The number of hydrogen-bond acceptors (Lipinski definition) is 5. The fourth-order valence-corrected chi connectivity index (χ4v) is 3.08. The number of amides is 1. The van der Waals surface area contributed by atoms with Crippen molar-refractivity contribution in [3.63, 3.8) is 0 Å². The lowest BCUT2D eigenvalue weighted by Crippen LogP contribution is -2.47. The summed E-state index contributed by atoms with van der Waals surface area (Å²) in [6, 6.07) is 9.13. The molecule has 0 spiro atoms. The zero-order valence-electron chi connectivity index (χ0n) is 14.9. The van der Waals surface area contributed by atoms with Gasteiger partial charge < -0.3 is 10.1 Å². The van der Waals surface area contributed by atoms with Gasteiger partial charge in [0, 0.05) is 0 Å². The molecule has 6 heteroatoms. The Hall–Kier alpha value is -2.21. The van der Waals surface area contributed by atoms with Gasteiger partial charge in [0.05, 0.1) is 25.6 Å². The van der Waals surface area contributed by atoms with E-state index in [1.165, 1.54) is 14.0 Å². The van der Waals surface area contributed by atoms with Gasteiger partial charge in [-0.25, -0.2) is 0 Å². The molecule has 6 nitrogen and oxygen atoms in total. The monoisotopic (exact) mass is 346 g/mol. The van der Waals surface area contributed by atoms with Crippen LogP contribution in [0.3, 0.4) is 0 Å². The highest BCUT2D eigenvalue weighted by Gasteiger charge is 2.27. The summed E-state index contributed by atoms with van der Waals surface area (Å²) in [7, 11) is 1.40. The molecular weight excluding hydrogens is 320 g/mol. The van der Waals surface area contributed by atoms with Gasteiger partial charge in [0.1, 0.15) is 0 Å². The van der Waals surface area contributed by atoms with Crippen LogP contribution in [-0.2, 0) is 25.5 Å². The normalized spacial score (nSPS) is 16.9. The van der Waals surface area contributed by atoms with Crippen molar-refractivity contribution in [1.29, 1.82) is 0 Å². The molecule has 1 saturated heterocycles. The molecule has 1 aromatic carbocycles. The minimum absolute atomic E-state index is 0.0541. The Bertz CT molecular complexity index is 595. The van der Waals surface area contributed by atoms with Crippen LogP contribution in [0.5, 0.6) is 0 Å². The maximum Gasteiger partial charge on any atom is 0.308 e. The molecular formula is C19H26N2O4. The number of hydrogen-bond donors (Lipinski definition) is 1. The van der Waals surface area contributed by atoms with Gasteiger partial charge >= 0.3 is 5.97 Å². The van der Waals surface area contributed by atoms with Crippen LogP contribution in [0.4, 0.5) is 0 Å². The number of rotatable bonds is 7. The highest BCUT2D eigenvalue weighted by molar-refractivity contribution is 5.88. The molecule has 1 heterocycles. The van der Waals surface area contributed by atoms with E-state index in [4.69, 9.17) is 4.74 Å². The predicted octanol–water partition coefficient (Wildman–Crippen LogP) is 1.19. The molecule has 0 aliphatic carbocycles. The first-order valence-electron chi connectivity index (χ1n) is 8.63. The average Bonchev–Trinajstić information content (AvgIpc) is 2.62. The molecule has 136 valence electrons. The lowest BCUT2D eigenvalue weighted by atomic mass is 9.97. The molecule has 1 fully saturated rings. The van der Waals surface area contributed by atoms with E-state index < -0.39 is 6.04 Å². The topological polar surface area (TPSA) is 75.7 Å². The van der Waals surface area contributed by atoms with Crippen molar-refractivity contribution in [1.82, 2.24) is 10.2 Å². The zero-order chi connectivity index (χ0) is 18.2. The number of piperidine rings is 1. The van der Waals surface area contributed by atoms with E-state index in [9.17, 15) is 14.4 Å². The number of esters is 1. The van der Waals surface area contributed by atoms with E-state index in [-0.39, 0.29) is 30.1 Å². The van der Waals surface area contributed by atoms with Gasteiger partial charge in [0.2, 0.25) is 5.91 Å². The van der Waals surface area contributed by atoms with Crippen molar-refractivity contribution >= 4 is 17.7 Å². The second-order valence-corrected chi connectivity index (χ2v) is 6.49. The van der Waals surface area contributed by atoms with Gasteiger partial charge in [-0.3, -0.25) is 19.3 Å². The van der Waals surface area contributed by atoms with E-state index in [2.05, 4.69) is 5.32 Å². The van der Waals surface area contributed by atoms with Crippen LogP contribution in [0.2, 0.25) is 0 Å². The Labute approximate surface area is 148 Å².